The van der Waals surface area contributed by atoms with Gasteiger partial charge in [-0.2, -0.15) is 0 Å². The van der Waals surface area contributed by atoms with Crippen LogP contribution in [0.4, 0.5) is 5.13 Å². The number of aromatic nitrogens is 1. The second-order valence-corrected chi connectivity index (χ2v) is 9.79. The number of hydrogen-bond donors (Lipinski definition) is 1. The summed E-state index contributed by atoms with van der Waals surface area (Å²) in [7, 11) is 0. The molecule has 1 N–H and O–H groups in total. The summed E-state index contributed by atoms with van der Waals surface area (Å²) in [5, 5.41) is 3.65. The zero-order valence-corrected chi connectivity index (χ0v) is 20.5. The molecule has 7 heteroatoms. The SMILES string of the molecule is CCNC(=O)C1CCCN(CC(=O)N(Cc2ccccc2)c2nc3c(C)c(C)ccc3s2)C1. The molecule has 174 valence electrons. The fraction of sp³-hybridized carbons (Fsp3) is 0.423. The maximum Gasteiger partial charge on any atom is 0.243 e. The number of anilines is 1. The summed E-state index contributed by atoms with van der Waals surface area (Å²) in [6.45, 7) is 8.96. The molecule has 1 aliphatic rings. The van der Waals surface area contributed by atoms with Gasteiger partial charge in [-0.15, -0.1) is 0 Å². The number of carbonyl (C=O) groups excluding carboxylic acids is 2. The topological polar surface area (TPSA) is 65.5 Å². The number of nitrogens with one attached hydrogen (secondary N) is 1. The largest absolute Gasteiger partial charge is 0.356 e. The summed E-state index contributed by atoms with van der Waals surface area (Å²) in [6, 6.07) is 14.2. The summed E-state index contributed by atoms with van der Waals surface area (Å²) in [6.07, 6.45) is 1.80. The van der Waals surface area contributed by atoms with E-state index in [1.54, 1.807) is 11.3 Å². The molecule has 0 radical (unpaired) electrons. The van der Waals surface area contributed by atoms with Crippen LogP contribution in [-0.2, 0) is 16.1 Å². The van der Waals surface area contributed by atoms with Gasteiger partial charge >= 0.3 is 0 Å². The number of rotatable bonds is 7. The third-order valence-corrected chi connectivity index (χ3v) is 7.42. The van der Waals surface area contributed by atoms with Crippen LogP contribution in [0.3, 0.4) is 0 Å². The molecule has 2 heterocycles. The monoisotopic (exact) mass is 464 g/mol. The molecule has 1 aliphatic heterocycles. The second-order valence-electron chi connectivity index (χ2n) is 8.78. The Labute approximate surface area is 199 Å². The first-order valence-corrected chi connectivity index (χ1v) is 12.5. The Balaban J connectivity index is 1.58. The predicted octanol–water partition coefficient (Wildman–Crippen LogP) is 4.29. The number of amides is 2. The number of thiazole rings is 1. The standard InChI is InChI=1S/C26H32N4O2S/c1-4-27-25(32)21-11-8-14-29(16-21)17-23(31)30(15-20-9-6-5-7-10-20)26-28-24-19(3)18(2)12-13-22(24)33-26/h5-7,9-10,12-13,21H,4,8,11,14-17H2,1-3H3,(H,27,32). The normalized spacial score (nSPS) is 16.6. The highest BCUT2D eigenvalue weighted by atomic mass is 32.1. The lowest BCUT2D eigenvalue weighted by atomic mass is 9.97. The van der Waals surface area contributed by atoms with Crippen LogP contribution in [0.2, 0.25) is 0 Å². The molecule has 1 unspecified atom stereocenters. The molecule has 1 atom stereocenters. The van der Waals surface area contributed by atoms with Crippen molar-refractivity contribution in [1.29, 1.82) is 0 Å². The predicted molar refractivity (Wildman–Crippen MR) is 135 cm³/mol. The molecule has 6 nitrogen and oxygen atoms in total. The van der Waals surface area contributed by atoms with Gasteiger partial charge in [0.25, 0.3) is 0 Å². The van der Waals surface area contributed by atoms with E-state index in [9.17, 15) is 9.59 Å². The lowest BCUT2D eigenvalue weighted by Crippen LogP contribution is -2.47. The van der Waals surface area contributed by atoms with Gasteiger partial charge in [0.05, 0.1) is 29.2 Å². The van der Waals surface area contributed by atoms with Gasteiger partial charge in [-0.1, -0.05) is 47.7 Å². The third-order valence-electron chi connectivity index (χ3n) is 6.38. The summed E-state index contributed by atoms with van der Waals surface area (Å²) in [4.78, 5) is 34.8. The van der Waals surface area contributed by atoms with Gasteiger partial charge < -0.3 is 5.32 Å². The molecule has 1 saturated heterocycles. The van der Waals surface area contributed by atoms with Crippen LogP contribution in [0.5, 0.6) is 0 Å². The molecule has 1 fully saturated rings. The Morgan fingerprint density at radius 1 is 1.18 bits per heavy atom. The molecule has 3 aromatic rings. The zero-order chi connectivity index (χ0) is 23.4. The van der Waals surface area contributed by atoms with Crippen LogP contribution in [0.25, 0.3) is 10.2 Å². The van der Waals surface area contributed by atoms with Gasteiger partial charge in [0, 0.05) is 13.1 Å². The van der Waals surface area contributed by atoms with Crippen LogP contribution in [0.15, 0.2) is 42.5 Å². The van der Waals surface area contributed by atoms with Crippen LogP contribution in [0, 0.1) is 19.8 Å². The number of fused-ring (bicyclic) bond motifs is 1. The fourth-order valence-corrected chi connectivity index (χ4v) is 5.41. The maximum absolute atomic E-state index is 13.6. The molecule has 2 aromatic carbocycles. The minimum absolute atomic E-state index is 0.0174. The van der Waals surface area contributed by atoms with E-state index in [0.717, 1.165) is 45.9 Å². The molecular weight excluding hydrogens is 432 g/mol. The van der Waals surface area contributed by atoms with Crippen molar-refractivity contribution in [2.24, 2.45) is 5.92 Å². The van der Waals surface area contributed by atoms with E-state index in [0.29, 0.717) is 19.6 Å². The summed E-state index contributed by atoms with van der Waals surface area (Å²) in [5.74, 6) is 0.0544. The van der Waals surface area contributed by atoms with Crippen molar-refractivity contribution in [2.45, 2.75) is 40.2 Å². The smallest absolute Gasteiger partial charge is 0.243 e. The fourth-order valence-electron chi connectivity index (χ4n) is 4.37. The molecule has 0 bridgehead atoms. The van der Waals surface area contributed by atoms with Crippen molar-refractivity contribution in [3.63, 3.8) is 0 Å². The highest BCUT2D eigenvalue weighted by molar-refractivity contribution is 7.22. The maximum atomic E-state index is 13.6. The van der Waals surface area contributed by atoms with E-state index >= 15 is 0 Å². The summed E-state index contributed by atoms with van der Waals surface area (Å²) >= 11 is 1.56. The number of piperidine rings is 1. The Bertz CT molecular complexity index is 1130. The van der Waals surface area contributed by atoms with E-state index in [1.165, 1.54) is 5.56 Å². The quantitative estimate of drug-likeness (QED) is 0.566. The number of aryl methyl sites for hydroxylation is 2. The molecule has 0 spiro atoms. The molecule has 0 saturated carbocycles. The number of carbonyl (C=O) groups is 2. The van der Waals surface area contributed by atoms with E-state index < -0.39 is 0 Å². The Kier molecular flexibility index (Phi) is 7.40. The highest BCUT2D eigenvalue weighted by Gasteiger charge is 2.29. The second kappa shape index (κ2) is 10.4. The van der Waals surface area contributed by atoms with Gasteiger partial charge in [-0.3, -0.25) is 19.4 Å². The minimum atomic E-state index is -0.0536. The van der Waals surface area contributed by atoms with Crippen molar-refractivity contribution in [3.05, 3.63) is 59.2 Å². The van der Waals surface area contributed by atoms with Gasteiger partial charge in [0.2, 0.25) is 11.8 Å². The van der Waals surface area contributed by atoms with Crippen molar-refractivity contribution in [3.8, 4) is 0 Å². The third kappa shape index (κ3) is 5.42. The first-order chi connectivity index (χ1) is 16.0. The van der Waals surface area contributed by atoms with Crippen molar-refractivity contribution in [2.75, 3.05) is 31.1 Å². The number of nitrogens with zero attached hydrogens (tertiary/aromatic N) is 3. The molecule has 1 aromatic heterocycles. The van der Waals surface area contributed by atoms with Gasteiger partial charge in [-0.25, -0.2) is 4.98 Å². The lowest BCUT2D eigenvalue weighted by Gasteiger charge is -2.32. The van der Waals surface area contributed by atoms with Gasteiger partial charge in [0.1, 0.15) is 0 Å². The first kappa shape index (κ1) is 23.4. The Morgan fingerprint density at radius 3 is 2.73 bits per heavy atom. The zero-order valence-electron chi connectivity index (χ0n) is 19.6. The van der Waals surface area contributed by atoms with Gasteiger partial charge in [-0.05, 0) is 62.9 Å². The van der Waals surface area contributed by atoms with Crippen LogP contribution >= 0.6 is 11.3 Å². The minimum Gasteiger partial charge on any atom is -0.356 e. The number of likely N-dealkylation sites (tertiary alicyclic amines) is 1. The molecule has 4 rings (SSSR count). The van der Waals surface area contributed by atoms with Crippen molar-refractivity contribution >= 4 is 38.5 Å². The molecule has 33 heavy (non-hydrogen) atoms. The Hall–Kier alpha value is -2.77. The van der Waals surface area contributed by atoms with E-state index in [4.69, 9.17) is 4.98 Å². The van der Waals surface area contributed by atoms with E-state index in [-0.39, 0.29) is 24.3 Å². The first-order valence-electron chi connectivity index (χ1n) is 11.7. The van der Waals surface area contributed by atoms with E-state index in [2.05, 4.69) is 36.2 Å². The number of benzene rings is 2. The highest BCUT2D eigenvalue weighted by Crippen LogP contribution is 2.33. The van der Waals surface area contributed by atoms with Crippen LogP contribution < -0.4 is 10.2 Å². The molecule has 2 amide bonds. The Morgan fingerprint density at radius 2 is 1.97 bits per heavy atom. The number of hydrogen-bond acceptors (Lipinski definition) is 5. The average Bonchev–Trinajstić information content (AvgIpc) is 3.25. The average molecular weight is 465 g/mol. The summed E-state index contributed by atoms with van der Waals surface area (Å²) < 4.78 is 1.09. The van der Waals surface area contributed by atoms with Gasteiger partial charge in [0.15, 0.2) is 5.13 Å². The molecular formula is C26H32N4O2S. The van der Waals surface area contributed by atoms with Crippen molar-refractivity contribution in [1.82, 2.24) is 15.2 Å². The van der Waals surface area contributed by atoms with Crippen molar-refractivity contribution < 1.29 is 9.59 Å². The molecule has 0 aliphatic carbocycles. The van der Waals surface area contributed by atoms with Crippen LogP contribution in [0.1, 0.15) is 36.5 Å². The summed E-state index contributed by atoms with van der Waals surface area (Å²) in [5.41, 5.74) is 4.39. The van der Waals surface area contributed by atoms with Crippen LogP contribution in [-0.4, -0.2) is 47.9 Å². The van der Waals surface area contributed by atoms with E-state index in [1.807, 2.05) is 42.2 Å². The lowest BCUT2D eigenvalue weighted by molar-refractivity contribution is -0.128.